The Hall–Kier alpha value is -1.43. The summed E-state index contributed by atoms with van der Waals surface area (Å²) in [5, 5.41) is 5.53. The van der Waals surface area contributed by atoms with Crippen LogP contribution in [0.5, 0.6) is 0 Å². The summed E-state index contributed by atoms with van der Waals surface area (Å²) in [6.45, 7) is 2.60. The van der Waals surface area contributed by atoms with Crippen molar-refractivity contribution in [1.82, 2.24) is 15.2 Å². The van der Waals surface area contributed by atoms with Gasteiger partial charge in [-0.3, -0.25) is 9.59 Å². The van der Waals surface area contributed by atoms with Crippen LogP contribution in [0.4, 0.5) is 0 Å². The number of carbonyl (C=O) groups excluding carboxylic acids is 2. The number of rotatable bonds is 4. The van der Waals surface area contributed by atoms with Gasteiger partial charge in [0.2, 0.25) is 11.8 Å². The standard InChI is InChI=1S/C11H15N3O2S/c1-2-8-11(16)13-7-10(15)14(8)5-3-9-12-4-6-17-9/h4,6,8H,2-3,5,7H2,1H3,(H,13,16). The van der Waals surface area contributed by atoms with E-state index in [1.165, 1.54) is 0 Å². The normalized spacial score (nSPS) is 20.5. The van der Waals surface area contributed by atoms with Gasteiger partial charge in [0.1, 0.15) is 6.04 Å². The molecule has 1 aromatic heterocycles. The summed E-state index contributed by atoms with van der Waals surface area (Å²) in [6, 6.07) is -0.323. The fourth-order valence-corrected chi connectivity index (χ4v) is 2.59. The van der Waals surface area contributed by atoms with Crippen LogP contribution in [-0.4, -0.2) is 40.8 Å². The molecular weight excluding hydrogens is 238 g/mol. The molecule has 0 saturated carbocycles. The number of hydrogen-bond donors (Lipinski definition) is 1. The van der Waals surface area contributed by atoms with E-state index in [1.807, 2.05) is 12.3 Å². The molecule has 1 saturated heterocycles. The predicted molar refractivity (Wildman–Crippen MR) is 64.6 cm³/mol. The first-order valence-electron chi connectivity index (χ1n) is 5.68. The summed E-state index contributed by atoms with van der Waals surface area (Å²) in [6.07, 6.45) is 3.12. The molecule has 1 aromatic rings. The average molecular weight is 253 g/mol. The quantitative estimate of drug-likeness (QED) is 0.846. The van der Waals surface area contributed by atoms with Crippen molar-refractivity contribution < 1.29 is 9.59 Å². The Labute approximate surface area is 104 Å². The van der Waals surface area contributed by atoms with E-state index < -0.39 is 0 Å². The fourth-order valence-electron chi connectivity index (χ4n) is 1.98. The zero-order chi connectivity index (χ0) is 12.3. The van der Waals surface area contributed by atoms with Crippen LogP contribution in [0, 0.1) is 0 Å². The summed E-state index contributed by atoms with van der Waals surface area (Å²) in [7, 11) is 0. The molecule has 1 unspecified atom stereocenters. The first kappa shape index (κ1) is 12.0. The minimum atomic E-state index is -0.323. The maximum absolute atomic E-state index is 11.8. The highest BCUT2D eigenvalue weighted by molar-refractivity contribution is 7.09. The highest BCUT2D eigenvalue weighted by Gasteiger charge is 2.32. The maximum Gasteiger partial charge on any atom is 0.243 e. The second kappa shape index (κ2) is 5.27. The number of aromatic nitrogens is 1. The van der Waals surface area contributed by atoms with Gasteiger partial charge < -0.3 is 10.2 Å². The molecule has 1 atom stereocenters. The third-order valence-electron chi connectivity index (χ3n) is 2.85. The van der Waals surface area contributed by atoms with Gasteiger partial charge in [0.15, 0.2) is 0 Å². The summed E-state index contributed by atoms with van der Waals surface area (Å²) in [5.41, 5.74) is 0. The van der Waals surface area contributed by atoms with Crippen molar-refractivity contribution in [3.63, 3.8) is 0 Å². The molecular formula is C11H15N3O2S. The first-order valence-corrected chi connectivity index (χ1v) is 6.56. The van der Waals surface area contributed by atoms with E-state index in [0.29, 0.717) is 19.4 Å². The van der Waals surface area contributed by atoms with E-state index >= 15 is 0 Å². The molecule has 5 nitrogen and oxygen atoms in total. The lowest BCUT2D eigenvalue weighted by molar-refractivity contribution is -0.145. The number of piperazine rings is 1. The highest BCUT2D eigenvalue weighted by atomic mass is 32.1. The van der Waals surface area contributed by atoms with Gasteiger partial charge >= 0.3 is 0 Å². The van der Waals surface area contributed by atoms with E-state index in [4.69, 9.17) is 0 Å². The number of nitrogens with zero attached hydrogens (tertiary/aromatic N) is 2. The van der Waals surface area contributed by atoms with E-state index in [1.54, 1.807) is 22.4 Å². The molecule has 0 aromatic carbocycles. The fraction of sp³-hybridized carbons (Fsp3) is 0.545. The molecule has 2 rings (SSSR count). The third-order valence-corrected chi connectivity index (χ3v) is 3.69. The first-order chi connectivity index (χ1) is 8.22. The number of amides is 2. The molecule has 0 radical (unpaired) electrons. The SMILES string of the molecule is CCC1C(=O)NCC(=O)N1CCc1nccs1. The summed E-state index contributed by atoms with van der Waals surface area (Å²) >= 11 is 1.57. The number of hydrogen-bond acceptors (Lipinski definition) is 4. The van der Waals surface area contributed by atoms with Gasteiger partial charge in [0.05, 0.1) is 11.6 Å². The van der Waals surface area contributed by atoms with Gasteiger partial charge in [-0.25, -0.2) is 4.98 Å². The van der Waals surface area contributed by atoms with E-state index in [9.17, 15) is 9.59 Å². The Bertz CT molecular complexity index is 405. The third kappa shape index (κ3) is 2.63. The van der Waals surface area contributed by atoms with Gasteiger partial charge in [0.25, 0.3) is 0 Å². The van der Waals surface area contributed by atoms with Crippen molar-refractivity contribution >= 4 is 23.2 Å². The van der Waals surface area contributed by atoms with Crippen molar-refractivity contribution in [2.24, 2.45) is 0 Å². The lowest BCUT2D eigenvalue weighted by atomic mass is 10.1. The van der Waals surface area contributed by atoms with Gasteiger partial charge in [-0.2, -0.15) is 0 Å². The van der Waals surface area contributed by atoms with E-state index in [-0.39, 0.29) is 24.4 Å². The van der Waals surface area contributed by atoms with Crippen LogP contribution >= 0.6 is 11.3 Å². The molecule has 17 heavy (non-hydrogen) atoms. The van der Waals surface area contributed by atoms with Crippen LogP contribution in [0.1, 0.15) is 18.4 Å². The van der Waals surface area contributed by atoms with Crippen molar-refractivity contribution in [2.45, 2.75) is 25.8 Å². The second-order valence-electron chi connectivity index (χ2n) is 3.90. The van der Waals surface area contributed by atoms with Crippen molar-refractivity contribution in [1.29, 1.82) is 0 Å². The Morgan fingerprint density at radius 1 is 1.59 bits per heavy atom. The summed E-state index contributed by atoms with van der Waals surface area (Å²) in [4.78, 5) is 29.2. The molecule has 2 amide bonds. The van der Waals surface area contributed by atoms with Crippen molar-refractivity contribution in [3.05, 3.63) is 16.6 Å². The Balaban J connectivity index is 2.00. The molecule has 1 N–H and O–H groups in total. The summed E-state index contributed by atoms with van der Waals surface area (Å²) in [5.74, 6) is -0.0563. The van der Waals surface area contributed by atoms with Crippen molar-refractivity contribution in [2.75, 3.05) is 13.1 Å². The molecule has 1 aliphatic rings. The Morgan fingerprint density at radius 2 is 2.41 bits per heavy atom. The lowest BCUT2D eigenvalue weighted by Crippen LogP contribution is -2.58. The van der Waals surface area contributed by atoms with Gasteiger partial charge in [-0.05, 0) is 6.42 Å². The molecule has 92 valence electrons. The zero-order valence-corrected chi connectivity index (χ0v) is 10.5. The minimum Gasteiger partial charge on any atom is -0.345 e. The van der Waals surface area contributed by atoms with Gasteiger partial charge in [0, 0.05) is 24.5 Å². The minimum absolute atomic E-state index is 0.00648. The van der Waals surface area contributed by atoms with E-state index in [2.05, 4.69) is 10.3 Å². The van der Waals surface area contributed by atoms with Gasteiger partial charge in [-0.15, -0.1) is 11.3 Å². The number of carbonyl (C=O) groups is 2. The van der Waals surface area contributed by atoms with Crippen LogP contribution in [0.15, 0.2) is 11.6 Å². The topological polar surface area (TPSA) is 62.3 Å². The molecule has 2 heterocycles. The molecule has 0 spiro atoms. The molecule has 1 fully saturated rings. The summed E-state index contributed by atoms with van der Waals surface area (Å²) < 4.78 is 0. The van der Waals surface area contributed by atoms with Crippen LogP contribution < -0.4 is 5.32 Å². The Morgan fingerprint density at radius 3 is 3.06 bits per heavy atom. The molecule has 0 aliphatic carbocycles. The van der Waals surface area contributed by atoms with Crippen LogP contribution in [-0.2, 0) is 16.0 Å². The van der Waals surface area contributed by atoms with Gasteiger partial charge in [-0.1, -0.05) is 6.92 Å². The number of thiazole rings is 1. The lowest BCUT2D eigenvalue weighted by Gasteiger charge is -2.34. The smallest absolute Gasteiger partial charge is 0.243 e. The van der Waals surface area contributed by atoms with Crippen LogP contribution in [0.3, 0.4) is 0 Å². The Kier molecular flexibility index (Phi) is 3.73. The molecule has 6 heteroatoms. The zero-order valence-electron chi connectivity index (χ0n) is 9.68. The van der Waals surface area contributed by atoms with Crippen LogP contribution in [0.25, 0.3) is 0 Å². The average Bonchev–Trinajstić information content (AvgIpc) is 2.83. The highest BCUT2D eigenvalue weighted by Crippen LogP contribution is 2.12. The van der Waals surface area contributed by atoms with Crippen LogP contribution in [0.2, 0.25) is 0 Å². The largest absolute Gasteiger partial charge is 0.345 e. The molecule has 0 bridgehead atoms. The number of nitrogens with one attached hydrogen (secondary N) is 1. The van der Waals surface area contributed by atoms with E-state index in [0.717, 1.165) is 5.01 Å². The predicted octanol–water partition coefficient (Wildman–Crippen LogP) is 0.423. The van der Waals surface area contributed by atoms with Crippen molar-refractivity contribution in [3.8, 4) is 0 Å². The molecule has 1 aliphatic heterocycles. The second-order valence-corrected chi connectivity index (χ2v) is 4.88. The maximum atomic E-state index is 11.8. The monoisotopic (exact) mass is 253 g/mol.